The van der Waals surface area contributed by atoms with Gasteiger partial charge in [0.15, 0.2) is 0 Å². The summed E-state index contributed by atoms with van der Waals surface area (Å²) in [6.07, 6.45) is -0.554. The fourth-order valence-electron chi connectivity index (χ4n) is 4.79. The number of halogens is 2. The molecule has 3 aromatic carbocycles. The number of nitriles is 1. The van der Waals surface area contributed by atoms with Crippen molar-refractivity contribution in [2.75, 3.05) is 0 Å². The number of morpholine rings is 1. The molecule has 0 spiro atoms. The SMILES string of the molecule is CCCC(C(=O)O)N1C(=O)[C@H](Cc2cccc(C#N)c2)O[C@@H](c2ccc(Cl)cc2)[C@H]1c1ccc(Cl)cc1. The molecule has 37 heavy (non-hydrogen) atoms. The topological polar surface area (TPSA) is 90.6 Å². The Kier molecular flexibility index (Phi) is 8.50. The molecule has 190 valence electrons. The van der Waals surface area contributed by atoms with Crippen molar-refractivity contribution in [1.29, 1.82) is 5.26 Å². The number of amides is 1. The van der Waals surface area contributed by atoms with Gasteiger partial charge in [-0.1, -0.05) is 72.9 Å². The average molecular weight is 537 g/mol. The minimum atomic E-state index is -1.07. The van der Waals surface area contributed by atoms with Crippen molar-refractivity contribution in [2.45, 2.75) is 50.5 Å². The normalized spacial score (nSPS) is 20.3. The van der Waals surface area contributed by atoms with Crippen LogP contribution in [0.15, 0.2) is 72.8 Å². The molecule has 3 aromatic rings. The van der Waals surface area contributed by atoms with Gasteiger partial charge in [0.05, 0.1) is 17.7 Å². The molecule has 4 rings (SSSR count). The monoisotopic (exact) mass is 536 g/mol. The molecular formula is C29H26Cl2N2O4. The summed E-state index contributed by atoms with van der Waals surface area (Å²) in [6, 6.07) is 21.5. The van der Waals surface area contributed by atoms with Crippen LogP contribution >= 0.6 is 23.2 Å². The number of benzene rings is 3. The second kappa shape index (κ2) is 11.8. The van der Waals surface area contributed by atoms with Crippen LogP contribution in [-0.2, 0) is 20.7 Å². The van der Waals surface area contributed by atoms with E-state index in [-0.39, 0.29) is 12.8 Å². The molecular weight excluding hydrogens is 511 g/mol. The highest BCUT2D eigenvalue weighted by molar-refractivity contribution is 6.30. The van der Waals surface area contributed by atoms with E-state index in [9.17, 15) is 20.0 Å². The van der Waals surface area contributed by atoms with Gasteiger partial charge in [-0.05, 0) is 59.5 Å². The van der Waals surface area contributed by atoms with Crippen LogP contribution in [0.25, 0.3) is 0 Å². The Labute approximate surface area is 226 Å². The first-order valence-corrected chi connectivity index (χ1v) is 12.8. The highest BCUT2D eigenvalue weighted by Gasteiger charge is 2.48. The average Bonchev–Trinajstić information content (AvgIpc) is 2.89. The van der Waals surface area contributed by atoms with Crippen LogP contribution in [-0.4, -0.2) is 34.0 Å². The number of hydrogen-bond acceptors (Lipinski definition) is 4. The van der Waals surface area contributed by atoms with Crippen molar-refractivity contribution in [1.82, 2.24) is 4.90 Å². The Morgan fingerprint density at radius 1 is 1.05 bits per heavy atom. The van der Waals surface area contributed by atoms with Crippen molar-refractivity contribution < 1.29 is 19.4 Å². The Balaban J connectivity index is 1.85. The number of rotatable bonds is 8. The molecule has 6 nitrogen and oxygen atoms in total. The van der Waals surface area contributed by atoms with Gasteiger partial charge in [0, 0.05) is 16.5 Å². The summed E-state index contributed by atoms with van der Waals surface area (Å²) in [5, 5.41) is 20.6. The Bertz CT molecular complexity index is 1300. The number of carboxylic acids is 1. The van der Waals surface area contributed by atoms with Crippen LogP contribution in [0.1, 0.15) is 54.2 Å². The maximum atomic E-state index is 14.0. The number of nitrogens with zero attached hydrogens (tertiary/aromatic N) is 2. The first-order valence-electron chi connectivity index (χ1n) is 12.0. The predicted octanol–water partition coefficient (Wildman–Crippen LogP) is 6.37. The third-order valence-electron chi connectivity index (χ3n) is 6.50. The van der Waals surface area contributed by atoms with E-state index < -0.39 is 36.2 Å². The lowest BCUT2D eigenvalue weighted by molar-refractivity contribution is -0.184. The lowest BCUT2D eigenvalue weighted by Crippen LogP contribution is -2.57. The van der Waals surface area contributed by atoms with Gasteiger partial charge in [-0.3, -0.25) is 4.79 Å². The smallest absolute Gasteiger partial charge is 0.326 e. The molecule has 1 amide bonds. The summed E-state index contributed by atoms with van der Waals surface area (Å²) in [7, 11) is 0. The Hall–Kier alpha value is -3.37. The maximum Gasteiger partial charge on any atom is 0.326 e. The van der Waals surface area contributed by atoms with Gasteiger partial charge in [-0.15, -0.1) is 0 Å². The van der Waals surface area contributed by atoms with E-state index in [0.717, 1.165) is 11.1 Å². The van der Waals surface area contributed by atoms with Crippen LogP contribution < -0.4 is 0 Å². The van der Waals surface area contributed by atoms with Gasteiger partial charge in [0.1, 0.15) is 18.2 Å². The molecule has 8 heteroatoms. The van der Waals surface area contributed by atoms with Crippen LogP contribution in [0.3, 0.4) is 0 Å². The van der Waals surface area contributed by atoms with E-state index in [2.05, 4.69) is 6.07 Å². The fourth-order valence-corrected chi connectivity index (χ4v) is 5.04. The summed E-state index contributed by atoms with van der Waals surface area (Å²) >= 11 is 12.3. The second-order valence-electron chi connectivity index (χ2n) is 9.00. The summed E-state index contributed by atoms with van der Waals surface area (Å²) < 4.78 is 6.49. The maximum absolute atomic E-state index is 14.0. The number of carbonyl (C=O) groups excluding carboxylic acids is 1. The summed E-state index contributed by atoms with van der Waals surface area (Å²) in [5.74, 6) is -1.48. The summed E-state index contributed by atoms with van der Waals surface area (Å²) in [5.41, 5.74) is 2.70. The molecule has 1 saturated heterocycles. The van der Waals surface area contributed by atoms with Crippen molar-refractivity contribution in [3.8, 4) is 6.07 Å². The number of carbonyl (C=O) groups is 2. The largest absolute Gasteiger partial charge is 0.480 e. The molecule has 0 bridgehead atoms. The lowest BCUT2D eigenvalue weighted by atomic mass is 9.88. The molecule has 1 heterocycles. The van der Waals surface area contributed by atoms with Crippen molar-refractivity contribution in [2.24, 2.45) is 0 Å². The van der Waals surface area contributed by atoms with E-state index in [0.29, 0.717) is 27.6 Å². The molecule has 1 aliphatic heterocycles. The predicted molar refractivity (Wildman–Crippen MR) is 141 cm³/mol. The Morgan fingerprint density at radius 2 is 1.68 bits per heavy atom. The zero-order valence-corrected chi connectivity index (χ0v) is 21.7. The molecule has 1 N–H and O–H groups in total. The first-order chi connectivity index (χ1) is 17.8. The minimum Gasteiger partial charge on any atom is -0.480 e. The number of carboxylic acid groups (broad SMARTS) is 1. The highest BCUT2D eigenvalue weighted by Crippen LogP contribution is 2.44. The van der Waals surface area contributed by atoms with E-state index in [1.165, 1.54) is 4.90 Å². The van der Waals surface area contributed by atoms with E-state index in [1.807, 2.05) is 25.1 Å². The van der Waals surface area contributed by atoms with Gasteiger partial charge >= 0.3 is 5.97 Å². The van der Waals surface area contributed by atoms with E-state index >= 15 is 0 Å². The molecule has 0 radical (unpaired) electrons. The third-order valence-corrected chi connectivity index (χ3v) is 7.00. The van der Waals surface area contributed by atoms with E-state index in [4.69, 9.17) is 27.9 Å². The Morgan fingerprint density at radius 3 is 2.24 bits per heavy atom. The molecule has 0 aromatic heterocycles. The lowest BCUT2D eigenvalue weighted by Gasteiger charge is -2.47. The standard InChI is InChI=1S/C29H26Cl2N2O4/c1-2-4-24(29(35)36)33-26(20-7-11-22(30)12-8-20)27(21-9-13-23(31)14-10-21)37-25(28(33)34)16-18-5-3-6-19(15-18)17-32/h3,5-15,24-27H,2,4,16H2,1H3,(H,35,36)/t24?,25-,26+,27-/m0/s1. The van der Waals surface area contributed by atoms with E-state index in [1.54, 1.807) is 54.6 Å². The van der Waals surface area contributed by atoms with Crippen LogP contribution in [0, 0.1) is 11.3 Å². The molecule has 1 fully saturated rings. The number of ether oxygens (including phenoxy) is 1. The highest BCUT2D eigenvalue weighted by atomic mass is 35.5. The zero-order chi connectivity index (χ0) is 26.5. The van der Waals surface area contributed by atoms with Gasteiger partial charge in [0.25, 0.3) is 5.91 Å². The molecule has 1 aliphatic rings. The molecule has 0 saturated carbocycles. The molecule has 0 aliphatic carbocycles. The quantitative estimate of drug-likeness (QED) is 0.361. The van der Waals surface area contributed by atoms with Gasteiger partial charge in [0.2, 0.25) is 0 Å². The van der Waals surface area contributed by atoms with Crippen LogP contribution in [0.5, 0.6) is 0 Å². The van der Waals surface area contributed by atoms with Gasteiger partial charge in [-0.25, -0.2) is 4.79 Å². The van der Waals surface area contributed by atoms with Gasteiger partial charge < -0.3 is 14.7 Å². The third kappa shape index (κ3) is 5.97. The van der Waals surface area contributed by atoms with Crippen LogP contribution in [0.2, 0.25) is 10.0 Å². The van der Waals surface area contributed by atoms with Gasteiger partial charge in [-0.2, -0.15) is 5.26 Å². The first kappa shape index (κ1) is 26.7. The molecule has 4 atom stereocenters. The fraction of sp³-hybridized carbons (Fsp3) is 0.276. The van der Waals surface area contributed by atoms with Crippen LogP contribution in [0.4, 0.5) is 0 Å². The zero-order valence-electron chi connectivity index (χ0n) is 20.2. The summed E-state index contributed by atoms with van der Waals surface area (Å²) in [4.78, 5) is 28.0. The minimum absolute atomic E-state index is 0.195. The van der Waals surface area contributed by atoms with Crippen molar-refractivity contribution in [3.63, 3.8) is 0 Å². The number of hydrogen-bond donors (Lipinski definition) is 1. The number of aliphatic carboxylic acids is 1. The van der Waals surface area contributed by atoms with Crippen molar-refractivity contribution in [3.05, 3.63) is 105 Å². The van der Waals surface area contributed by atoms with Crippen molar-refractivity contribution >= 4 is 35.1 Å². The summed E-state index contributed by atoms with van der Waals surface area (Å²) in [6.45, 7) is 1.89. The molecule has 1 unspecified atom stereocenters. The second-order valence-corrected chi connectivity index (χ2v) is 9.87.